The normalized spacial score (nSPS) is 12.4. The molecule has 0 saturated heterocycles. The van der Waals surface area contributed by atoms with E-state index >= 15 is 0 Å². The molecule has 0 amide bonds. The Kier molecular flexibility index (Phi) is 7.84. The summed E-state index contributed by atoms with van der Waals surface area (Å²) in [6.07, 6.45) is 4.91. The number of benzene rings is 1. The van der Waals surface area contributed by atoms with Crippen molar-refractivity contribution in [1.29, 1.82) is 0 Å². The average molecular weight is 288 g/mol. The summed E-state index contributed by atoms with van der Waals surface area (Å²) in [7, 11) is 0. The van der Waals surface area contributed by atoms with E-state index in [1.165, 1.54) is 25.3 Å². The summed E-state index contributed by atoms with van der Waals surface area (Å²) in [4.78, 5) is 0. The molecule has 4 heteroatoms. The molecule has 0 spiro atoms. The summed E-state index contributed by atoms with van der Waals surface area (Å²) in [5.41, 5.74) is 0. The Morgan fingerprint density at radius 2 is 2.16 bits per heavy atom. The van der Waals surface area contributed by atoms with Crippen LogP contribution in [-0.4, -0.2) is 19.2 Å². The lowest BCUT2D eigenvalue weighted by molar-refractivity contribution is 0.291. The standard InChI is InChI=1S/C15H23ClFNO/c1-3-4-5-7-12(2)18-10-11-19-15-13(16)8-6-9-14(15)17/h6,8-9,12,18H,3-5,7,10-11H2,1-2H3. The van der Waals surface area contributed by atoms with Crippen LogP contribution in [-0.2, 0) is 0 Å². The van der Waals surface area contributed by atoms with Crippen LogP contribution in [0, 0.1) is 5.82 Å². The number of para-hydroxylation sites is 1. The maximum Gasteiger partial charge on any atom is 0.173 e. The third-order valence-corrected chi connectivity index (χ3v) is 3.30. The first-order valence-corrected chi connectivity index (χ1v) is 7.33. The minimum Gasteiger partial charge on any atom is -0.488 e. The zero-order chi connectivity index (χ0) is 14.1. The van der Waals surface area contributed by atoms with Gasteiger partial charge in [0.15, 0.2) is 11.6 Å². The van der Waals surface area contributed by atoms with Gasteiger partial charge in [-0.05, 0) is 25.5 Å². The molecule has 1 rings (SSSR count). The first-order chi connectivity index (χ1) is 9.15. The summed E-state index contributed by atoms with van der Waals surface area (Å²) in [6.45, 7) is 5.46. The molecular formula is C15H23ClFNO. The van der Waals surface area contributed by atoms with Crippen LogP contribution in [0.2, 0.25) is 5.02 Å². The van der Waals surface area contributed by atoms with Crippen molar-refractivity contribution >= 4 is 11.6 Å². The van der Waals surface area contributed by atoms with Gasteiger partial charge in [-0.1, -0.05) is 43.9 Å². The lowest BCUT2D eigenvalue weighted by Crippen LogP contribution is -2.30. The van der Waals surface area contributed by atoms with Gasteiger partial charge in [0.25, 0.3) is 0 Å². The van der Waals surface area contributed by atoms with Gasteiger partial charge in [-0.3, -0.25) is 0 Å². The fourth-order valence-electron chi connectivity index (χ4n) is 1.88. The van der Waals surface area contributed by atoms with Gasteiger partial charge in [0.05, 0.1) is 5.02 Å². The minimum absolute atomic E-state index is 0.143. The van der Waals surface area contributed by atoms with E-state index in [4.69, 9.17) is 16.3 Å². The molecule has 0 aromatic heterocycles. The smallest absolute Gasteiger partial charge is 0.173 e. The maximum atomic E-state index is 13.4. The summed E-state index contributed by atoms with van der Waals surface area (Å²) in [6, 6.07) is 5.01. The molecule has 19 heavy (non-hydrogen) atoms. The van der Waals surface area contributed by atoms with E-state index in [1.54, 1.807) is 12.1 Å². The highest BCUT2D eigenvalue weighted by molar-refractivity contribution is 6.32. The largest absolute Gasteiger partial charge is 0.488 e. The predicted molar refractivity (Wildman–Crippen MR) is 78.5 cm³/mol. The Morgan fingerprint density at radius 3 is 2.84 bits per heavy atom. The number of hydrogen-bond donors (Lipinski definition) is 1. The van der Waals surface area contributed by atoms with Gasteiger partial charge < -0.3 is 10.1 Å². The van der Waals surface area contributed by atoms with Crippen molar-refractivity contribution in [2.75, 3.05) is 13.2 Å². The van der Waals surface area contributed by atoms with E-state index in [0.717, 1.165) is 6.42 Å². The molecule has 0 heterocycles. The summed E-state index contributed by atoms with van der Waals surface area (Å²) in [5, 5.41) is 3.68. The highest BCUT2D eigenvalue weighted by Crippen LogP contribution is 2.26. The van der Waals surface area contributed by atoms with Crippen molar-refractivity contribution in [3.05, 3.63) is 29.0 Å². The number of unbranched alkanes of at least 4 members (excludes halogenated alkanes) is 2. The number of ether oxygens (including phenoxy) is 1. The molecule has 0 saturated carbocycles. The zero-order valence-corrected chi connectivity index (χ0v) is 12.5. The van der Waals surface area contributed by atoms with Gasteiger partial charge in [-0.2, -0.15) is 0 Å². The van der Waals surface area contributed by atoms with Crippen molar-refractivity contribution in [3.63, 3.8) is 0 Å². The summed E-state index contributed by atoms with van der Waals surface area (Å²) < 4.78 is 18.8. The quantitative estimate of drug-likeness (QED) is 0.679. The van der Waals surface area contributed by atoms with Crippen molar-refractivity contribution in [1.82, 2.24) is 5.32 Å². The second kappa shape index (κ2) is 9.16. The molecule has 2 nitrogen and oxygen atoms in total. The summed E-state index contributed by atoms with van der Waals surface area (Å²) >= 11 is 5.87. The van der Waals surface area contributed by atoms with Gasteiger partial charge in [-0.15, -0.1) is 0 Å². The van der Waals surface area contributed by atoms with Crippen molar-refractivity contribution in [3.8, 4) is 5.75 Å². The highest BCUT2D eigenvalue weighted by atomic mass is 35.5. The van der Waals surface area contributed by atoms with Crippen molar-refractivity contribution < 1.29 is 9.13 Å². The molecule has 1 unspecified atom stereocenters. The Morgan fingerprint density at radius 1 is 1.37 bits per heavy atom. The van der Waals surface area contributed by atoms with Gasteiger partial charge in [0.2, 0.25) is 0 Å². The molecular weight excluding hydrogens is 265 g/mol. The zero-order valence-electron chi connectivity index (χ0n) is 11.7. The molecule has 0 aliphatic rings. The first-order valence-electron chi connectivity index (χ1n) is 6.95. The molecule has 0 radical (unpaired) electrons. The maximum absolute atomic E-state index is 13.4. The molecule has 0 bridgehead atoms. The average Bonchev–Trinajstić information content (AvgIpc) is 2.37. The number of halogens is 2. The Bertz CT molecular complexity index is 353. The lowest BCUT2D eigenvalue weighted by atomic mass is 10.1. The molecule has 0 aliphatic carbocycles. The molecule has 108 valence electrons. The van der Waals surface area contributed by atoms with E-state index in [1.807, 2.05) is 0 Å². The molecule has 1 aromatic carbocycles. The van der Waals surface area contributed by atoms with Crippen molar-refractivity contribution in [2.24, 2.45) is 0 Å². The van der Waals surface area contributed by atoms with Gasteiger partial charge in [-0.25, -0.2) is 4.39 Å². The van der Waals surface area contributed by atoms with E-state index in [9.17, 15) is 4.39 Å². The topological polar surface area (TPSA) is 21.3 Å². The van der Waals surface area contributed by atoms with Gasteiger partial charge >= 0.3 is 0 Å². The van der Waals surface area contributed by atoms with Gasteiger partial charge in [0.1, 0.15) is 6.61 Å². The van der Waals surface area contributed by atoms with E-state index in [-0.39, 0.29) is 5.75 Å². The fraction of sp³-hybridized carbons (Fsp3) is 0.600. The van der Waals surface area contributed by atoms with Crippen LogP contribution in [0.25, 0.3) is 0 Å². The third kappa shape index (κ3) is 6.26. The SMILES string of the molecule is CCCCCC(C)NCCOc1c(F)cccc1Cl. The van der Waals surface area contributed by atoms with E-state index in [2.05, 4.69) is 19.2 Å². The fourth-order valence-corrected chi connectivity index (χ4v) is 2.10. The van der Waals surface area contributed by atoms with Crippen LogP contribution < -0.4 is 10.1 Å². The Balaban J connectivity index is 2.20. The molecule has 1 atom stereocenters. The second-order valence-corrected chi connectivity index (χ2v) is 5.16. The lowest BCUT2D eigenvalue weighted by Gasteiger charge is -2.14. The number of rotatable bonds is 9. The molecule has 1 N–H and O–H groups in total. The van der Waals surface area contributed by atoms with E-state index in [0.29, 0.717) is 24.2 Å². The Labute approximate surface area is 120 Å². The van der Waals surface area contributed by atoms with Gasteiger partial charge in [0, 0.05) is 12.6 Å². The van der Waals surface area contributed by atoms with Crippen LogP contribution in [0.15, 0.2) is 18.2 Å². The van der Waals surface area contributed by atoms with Crippen LogP contribution in [0.5, 0.6) is 5.75 Å². The Hall–Kier alpha value is -0.800. The first kappa shape index (κ1) is 16.3. The molecule has 1 aromatic rings. The molecule has 0 fully saturated rings. The second-order valence-electron chi connectivity index (χ2n) is 4.75. The number of nitrogens with one attached hydrogen (secondary N) is 1. The number of hydrogen-bond acceptors (Lipinski definition) is 2. The minimum atomic E-state index is -0.413. The predicted octanol–water partition coefficient (Wildman–Crippen LogP) is 4.42. The van der Waals surface area contributed by atoms with Crippen LogP contribution in [0.4, 0.5) is 4.39 Å². The highest BCUT2D eigenvalue weighted by Gasteiger charge is 2.07. The van der Waals surface area contributed by atoms with Crippen LogP contribution >= 0.6 is 11.6 Å². The van der Waals surface area contributed by atoms with Crippen molar-refractivity contribution in [2.45, 2.75) is 45.6 Å². The monoisotopic (exact) mass is 287 g/mol. The van der Waals surface area contributed by atoms with Crippen LogP contribution in [0.3, 0.4) is 0 Å². The summed E-state index contributed by atoms with van der Waals surface area (Å²) in [5.74, 6) is -0.270. The van der Waals surface area contributed by atoms with E-state index < -0.39 is 5.82 Å². The van der Waals surface area contributed by atoms with Crippen LogP contribution in [0.1, 0.15) is 39.5 Å². The molecule has 0 aliphatic heterocycles. The third-order valence-electron chi connectivity index (χ3n) is 3.00.